The Hall–Kier alpha value is -2.91. The van der Waals surface area contributed by atoms with Crippen LogP contribution in [0.2, 0.25) is 0 Å². The zero-order valence-corrected chi connectivity index (χ0v) is 21.3. The Bertz CT molecular complexity index is 1010. The van der Waals surface area contributed by atoms with Crippen LogP contribution in [0.1, 0.15) is 39.5 Å². The smallest absolute Gasteiger partial charge is 0.312 e. The molecule has 2 bridgehead atoms. The molecule has 0 radical (unpaired) electrons. The highest BCUT2D eigenvalue weighted by Crippen LogP contribution is 2.63. The molecule has 196 valence electrons. The highest BCUT2D eigenvalue weighted by molar-refractivity contribution is 6.04. The molecule has 4 rings (SSSR count). The molecule has 1 spiro atoms. The van der Waals surface area contributed by atoms with Gasteiger partial charge >= 0.3 is 5.97 Å². The van der Waals surface area contributed by atoms with Crippen molar-refractivity contribution in [1.29, 1.82) is 0 Å². The molecule has 3 saturated heterocycles. The second kappa shape index (κ2) is 10.2. The number of esters is 1. The monoisotopic (exact) mass is 500 g/mol. The summed E-state index contributed by atoms with van der Waals surface area (Å²) in [6.07, 6.45) is 3.71. The van der Waals surface area contributed by atoms with Crippen LogP contribution in [0.4, 0.5) is 5.69 Å². The van der Waals surface area contributed by atoms with Crippen LogP contribution < -0.4 is 9.64 Å². The fraction of sp³-hybridized carbons (Fsp3) is 0.593. The van der Waals surface area contributed by atoms with Gasteiger partial charge in [0.05, 0.1) is 25.2 Å². The number of amides is 2. The van der Waals surface area contributed by atoms with E-state index in [4.69, 9.17) is 14.2 Å². The van der Waals surface area contributed by atoms with Crippen LogP contribution >= 0.6 is 0 Å². The quantitative estimate of drug-likeness (QED) is 0.282. The maximum absolute atomic E-state index is 14.3. The van der Waals surface area contributed by atoms with Gasteiger partial charge in [-0.1, -0.05) is 6.08 Å². The fourth-order valence-corrected chi connectivity index (χ4v) is 6.29. The molecule has 1 aromatic rings. The number of benzene rings is 1. The molecule has 5 atom stereocenters. The number of fused-ring (bicyclic) bond motifs is 1. The van der Waals surface area contributed by atoms with Crippen LogP contribution in [0, 0.1) is 11.8 Å². The third-order valence-electron chi connectivity index (χ3n) is 7.82. The summed E-state index contributed by atoms with van der Waals surface area (Å²) in [5.41, 5.74) is -1.35. The van der Waals surface area contributed by atoms with E-state index in [9.17, 15) is 19.5 Å². The van der Waals surface area contributed by atoms with E-state index in [2.05, 4.69) is 6.58 Å². The van der Waals surface area contributed by atoms with Crippen LogP contribution in [-0.4, -0.2) is 78.4 Å². The summed E-state index contributed by atoms with van der Waals surface area (Å²) in [5, 5.41) is 9.32. The lowest BCUT2D eigenvalue weighted by Gasteiger charge is -2.36. The van der Waals surface area contributed by atoms with Crippen LogP contribution in [-0.2, 0) is 23.9 Å². The van der Waals surface area contributed by atoms with Gasteiger partial charge in [-0.05, 0) is 63.8 Å². The first-order chi connectivity index (χ1) is 17.3. The summed E-state index contributed by atoms with van der Waals surface area (Å²) < 4.78 is 17.2. The molecule has 3 aliphatic heterocycles. The minimum absolute atomic E-state index is 0.0102. The first kappa shape index (κ1) is 26.2. The summed E-state index contributed by atoms with van der Waals surface area (Å²) in [4.78, 5) is 44.5. The number of aliphatic hydroxyl groups excluding tert-OH is 1. The maximum Gasteiger partial charge on any atom is 0.312 e. The molecule has 3 heterocycles. The second-order valence-electron chi connectivity index (χ2n) is 9.88. The number of hydrogen-bond donors (Lipinski definition) is 1. The van der Waals surface area contributed by atoms with Gasteiger partial charge in [-0.3, -0.25) is 14.4 Å². The van der Waals surface area contributed by atoms with Crippen LogP contribution in [0.15, 0.2) is 36.9 Å². The molecule has 2 amide bonds. The first-order valence-electron chi connectivity index (χ1n) is 12.6. The van der Waals surface area contributed by atoms with Crippen molar-refractivity contribution in [2.45, 2.75) is 56.8 Å². The lowest BCUT2D eigenvalue weighted by Crippen LogP contribution is -2.56. The summed E-state index contributed by atoms with van der Waals surface area (Å²) in [7, 11) is 1.57. The number of nitrogens with zero attached hydrogens (tertiary/aromatic N) is 2. The highest BCUT2D eigenvalue weighted by atomic mass is 16.6. The molecular formula is C27H36N2O7. The Morgan fingerprint density at radius 2 is 2.00 bits per heavy atom. The van der Waals surface area contributed by atoms with Crippen molar-refractivity contribution in [3.05, 3.63) is 36.9 Å². The first-order valence-corrected chi connectivity index (χ1v) is 12.6. The number of carbonyl (C=O) groups excluding carboxylic acids is 3. The third kappa shape index (κ3) is 4.08. The number of methoxy groups -OCH3 is 1. The molecule has 2 unspecified atom stereocenters. The van der Waals surface area contributed by atoms with Gasteiger partial charge in [0, 0.05) is 25.4 Å². The van der Waals surface area contributed by atoms with Crippen LogP contribution in [0.25, 0.3) is 0 Å². The number of anilines is 1. The topological polar surface area (TPSA) is 106 Å². The Morgan fingerprint density at radius 3 is 2.61 bits per heavy atom. The minimum atomic E-state index is -1.12. The maximum atomic E-state index is 14.3. The number of carbonyl (C=O) groups is 3. The minimum Gasteiger partial charge on any atom is -0.497 e. The predicted molar refractivity (Wildman–Crippen MR) is 132 cm³/mol. The predicted octanol–water partition coefficient (Wildman–Crippen LogP) is 2.31. The average molecular weight is 501 g/mol. The van der Waals surface area contributed by atoms with E-state index in [1.54, 1.807) is 54.2 Å². The lowest BCUT2D eigenvalue weighted by atomic mass is 9.66. The zero-order chi connectivity index (χ0) is 26.1. The largest absolute Gasteiger partial charge is 0.497 e. The van der Waals surface area contributed by atoms with Gasteiger partial charge < -0.3 is 29.1 Å². The average Bonchev–Trinajstić information content (AvgIpc) is 3.43. The van der Waals surface area contributed by atoms with E-state index in [-0.39, 0.29) is 38.1 Å². The molecule has 3 aliphatic rings. The normalized spacial score (nSPS) is 30.3. The van der Waals surface area contributed by atoms with Crippen molar-refractivity contribution >= 4 is 23.5 Å². The zero-order valence-electron chi connectivity index (χ0n) is 21.3. The van der Waals surface area contributed by atoms with Crippen LogP contribution in [0.3, 0.4) is 0 Å². The Morgan fingerprint density at radius 1 is 1.28 bits per heavy atom. The molecule has 36 heavy (non-hydrogen) atoms. The van der Waals surface area contributed by atoms with E-state index in [1.165, 1.54) is 0 Å². The molecule has 1 N–H and O–H groups in total. The second-order valence-corrected chi connectivity index (χ2v) is 9.88. The molecule has 9 nitrogen and oxygen atoms in total. The molecular weight excluding hydrogens is 464 g/mol. The Balaban J connectivity index is 1.76. The number of aliphatic hydroxyl groups is 1. The number of hydrogen-bond acceptors (Lipinski definition) is 7. The molecule has 0 aromatic heterocycles. The van der Waals surface area contributed by atoms with Crippen molar-refractivity contribution in [3.63, 3.8) is 0 Å². The van der Waals surface area contributed by atoms with Crippen LogP contribution in [0.5, 0.6) is 5.75 Å². The van der Waals surface area contributed by atoms with Gasteiger partial charge in [0.2, 0.25) is 5.91 Å². The third-order valence-corrected chi connectivity index (χ3v) is 7.82. The molecule has 9 heteroatoms. The Labute approximate surface area is 212 Å². The number of rotatable bonds is 11. The van der Waals surface area contributed by atoms with Crippen molar-refractivity contribution < 1.29 is 33.7 Å². The molecule has 3 fully saturated rings. The van der Waals surface area contributed by atoms with Gasteiger partial charge in [0.1, 0.15) is 23.3 Å². The van der Waals surface area contributed by atoms with E-state index in [1.807, 2.05) is 6.92 Å². The van der Waals surface area contributed by atoms with Gasteiger partial charge in [-0.2, -0.15) is 0 Å². The van der Waals surface area contributed by atoms with Crippen molar-refractivity contribution in [1.82, 2.24) is 4.90 Å². The van der Waals surface area contributed by atoms with E-state index >= 15 is 0 Å². The molecule has 1 aromatic carbocycles. The summed E-state index contributed by atoms with van der Waals surface area (Å²) in [6, 6.07) is 6.22. The van der Waals surface area contributed by atoms with Crippen molar-refractivity contribution in [2.75, 3.05) is 38.3 Å². The van der Waals surface area contributed by atoms with Crippen molar-refractivity contribution in [3.8, 4) is 5.75 Å². The van der Waals surface area contributed by atoms with E-state index in [0.29, 0.717) is 37.1 Å². The van der Waals surface area contributed by atoms with Gasteiger partial charge in [-0.25, -0.2) is 0 Å². The number of likely N-dealkylation sites (tertiary alicyclic amines) is 1. The highest BCUT2D eigenvalue weighted by Gasteiger charge is 2.78. The fourth-order valence-electron chi connectivity index (χ4n) is 6.29. The Kier molecular flexibility index (Phi) is 7.43. The van der Waals surface area contributed by atoms with Gasteiger partial charge in [-0.15, -0.1) is 6.58 Å². The van der Waals surface area contributed by atoms with E-state index < -0.39 is 35.0 Å². The lowest BCUT2D eigenvalue weighted by molar-refractivity contribution is -0.159. The van der Waals surface area contributed by atoms with Gasteiger partial charge in [0.25, 0.3) is 5.91 Å². The molecule has 0 saturated carbocycles. The van der Waals surface area contributed by atoms with E-state index in [0.717, 1.165) is 0 Å². The summed E-state index contributed by atoms with van der Waals surface area (Å²) in [6.45, 7) is 8.11. The summed E-state index contributed by atoms with van der Waals surface area (Å²) >= 11 is 0. The standard InChI is InChI=1S/C27H36N2O7/c1-5-15-28(18-9-11-19(34-4)12-10-18)24(32)22-27-14-13-26(3,36-27)21(25(33)35-6-2)20(27)23(31)29(22)16-7-8-17-30/h5,9-12,20-22,30H,1,6-8,13-17H2,2-4H3/t20-,21-,22?,26+,27?/m0/s1. The van der Waals surface area contributed by atoms with Gasteiger partial charge in [0.15, 0.2) is 0 Å². The SMILES string of the molecule is C=CCN(C(=O)C1N(CCCCO)C(=O)[C@@H]2[C@@H](C(=O)OCC)[C@@]3(C)CCC12O3)c1ccc(OC)cc1. The van der Waals surface area contributed by atoms with Crippen molar-refractivity contribution in [2.24, 2.45) is 11.8 Å². The number of ether oxygens (including phenoxy) is 3. The summed E-state index contributed by atoms with van der Waals surface area (Å²) in [5.74, 6) is -1.91. The number of unbranched alkanes of at least 4 members (excludes halogenated alkanes) is 1. The molecule has 0 aliphatic carbocycles.